The summed E-state index contributed by atoms with van der Waals surface area (Å²) < 4.78 is 13.3. The van der Waals surface area contributed by atoms with E-state index in [0.29, 0.717) is 13.0 Å². The highest BCUT2D eigenvalue weighted by atomic mass is 79.9. The Balaban J connectivity index is 2.89. The van der Waals surface area contributed by atoms with E-state index in [9.17, 15) is 14.5 Å². The average molecular weight is 306 g/mol. The van der Waals surface area contributed by atoms with E-state index in [2.05, 4.69) is 21.2 Å². The first-order chi connectivity index (χ1) is 7.91. The molecule has 0 aliphatic rings. The number of hydrogen-bond donors (Lipinski definition) is 2. The Morgan fingerprint density at radius 3 is 2.82 bits per heavy atom. The highest BCUT2D eigenvalue weighted by Crippen LogP contribution is 2.30. The minimum Gasteiger partial charge on any atom is -0.379 e. The summed E-state index contributed by atoms with van der Waals surface area (Å²) in [6, 6.07) is 2.23. The number of nitro groups is 1. The molecule has 5 nitrogen and oxygen atoms in total. The van der Waals surface area contributed by atoms with Crippen molar-refractivity contribution >= 4 is 27.3 Å². The number of rotatable bonds is 5. The lowest BCUT2D eigenvalue weighted by molar-refractivity contribution is -0.384. The van der Waals surface area contributed by atoms with Crippen LogP contribution in [0.2, 0.25) is 0 Å². The summed E-state index contributed by atoms with van der Waals surface area (Å²) in [4.78, 5) is 10.2. The molecule has 0 radical (unpaired) electrons. The molecule has 0 spiro atoms. The normalized spacial score (nSPS) is 12.2. The van der Waals surface area contributed by atoms with Gasteiger partial charge in [-0.05, 0) is 29.3 Å². The molecule has 0 aliphatic carbocycles. The Labute approximate surface area is 106 Å². The maximum atomic E-state index is 13.3. The second-order valence-corrected chi connectivity index (χ2v) is 4.59. The Kier molecular flexibility index (Phi) is 4.83. The molecule has 3 N–H and O–H groups in total. The highest BCUT2D eigenvalue weighted by Gasteiger charge is 2.17. The number of nitrogens with zero attached hydrogens (tertiary/aromatic N) is 1. The molecule has 0 heterocycles. The van der Waals surface area contributed by atoms with Crippen LogP contribution < -0.4 is 11.1 Å². The van der Waals surface area contributed by atoms with Crippen molar-refractivity contribution in [2.24, 2.45) is 5.73 Å². The van der Waals surface area contributed by atoms with Gasteiger partial charge in [-0.3, -0.25) is 10.1 Å². The van der Waals surface area contributed by atoms with E-state index in [0.717, 1.165) is 12.1 Å². The number of nitrogens with two attached hydrogens (primary N) is 1. The van der Waals surface area contributed by atoms with Crippen LogP contribution in [0.4, 0.5) is 15.8 Å². The second-order valence-electron chi connectivity index (χ2n) is 3.73. The lowest BCUT2D eigenvalue weighted by Gasteiger charge is -2.09. The van der Waals surface area contributed by atoms with Gasteiger partial charge in [-0.2, -0.15) is 0 Å². The predicted octanol–water partition coefficient (Wildman–Crippen LogP) is 2.65. The molecular formula is C10H13BrFN3O2. The zero-order valence-corrected chi connectivity index (χ0v) is 10.8. The Bertz CT molecular complexity index is 426. The zero-order valence-electron chi connectivity index (χ0n) is 9.24. The quantitative estimate of drug-likeness (QED) is 0.647. The lowest BCUT2D eigenvalue weighted by Crippen LogP contribution is -2.19. The van der Waals surface area contributed by atoms with E-state index >= 15 is 0 Å². The number of nitrogens with one attached hydrogen (secondary N) is 1. The van der Waals surface area contributed by atoms with Gasteiger partial charge in [-0.25, -0.2) is 4.39 Å². The van der Waals surface area contributed by atoms with Crippen LogP contribution in [0.25, 0.3) is 0 Å². The number of nitro benzene ring substituents is 1. The molecule has 0 amide bonds. The maximum Gasteiger partial charge on any atom is 0.293 e. The summed E-state index contributed by atoms with van der Waals surface area (Å²) in [7, 11) is 0. The predicted molar refractivity (Wildman–Crippen MR) is 67.5 cm³/mol. The van der Waals surface area contributed by atoms with Gasteiger partial charge in [0.2, 0.25) is 0 Å². The molecule has 0 fully saturated rings. The molecule has 94 valence electrons. The Morgan fingerprint density at radius 1 is 1.65 bits per heavy atom. The van der Waals surface area contributed by atoms with Gasteiger partial charge < -0.3 is 11.1 Å². The van der Waals surface area contributed by atoms with Gasteiger partial charge in [-0.1, -0.05) is 0 Å². The first-order valence-electron chi connectivity index (χ1n) is 5.04. The van der Waals surface area contributed by atoms with E-state index in [1.165, 1.54) is 0 Å². The number of anilines is 1. The monoisotopic (exact) mass is 305 g/mol. The van der Waals surface area contributed by atoms with Gasteiger partial charge in [0, 0.05) is 24.7 Å². The molecule has 0 saturated carbocycles. The Hall–Kier alpha value is -1.21. The summed E-state index contributed by atoms with van der Waals surface area (Å²) >= 11 is 2.91. The van der Waals surface area contributed by atoms with E-state index in [-0.39, 0.29) is 21.9 Å². The summed E-state index contributed by atoms with van der Waals surface area (Å²) in [5.74, 6) is -0.543. The fraction of sp³-hybridized carbons (Fsp3) is 0.400. The van der Waals surface area contributed by atoms with Crippen LogP contribution in [0.15, 0.2) is 16.6 Å². The second kappa shape index (κ2) is 5.92. The van der Waals surface area contributed by atoms with Crippen molar-refractivity contribution in [3.8, 4) is 0 Å². The third-order valence-corrected chi connectivity index (χ3v) is 2.76. The first kappa shape index (κ1) is 13.9. The fourth-order valence-electron chi connectivity index (χ4n) is 1.26. The van der Waals surface area contributed by atoms with E-state index in [4.69, 9.17) is 5.73 Å². The molecule has 0 bridgehead atoms. The van der Waals surface area contributed by atoms with Crippen molar-refractivity contribution in [3.05, 3.63) is 32.5 Å². The molecular weight excluding hydrogens is 293 g/mol. The molecule has 0 aromatic heterocycles. The van der Waals surface area contributed by atoms with Crippen LogP contribution >= 0.6 is 15.9 Å². The number of hydrogen-bond acceptors (Lipinski definition) is 4. The van der Waals surface area contributed by atoms with Crippen LogP contribution in [-0.4, -0.2) is 17.5 Å². The smallest absolute Gasteiger partial charge is 0.293 e. The molecule has 0 saturated heterocycles. The first-order valence-corrected chi connectivity index (χ1v) is 5.84. The minimum absolute atomic E-state index is 0.0122. The summed E-state index contributed by atoms with van der Waals surface area (Å²) in [5, 5.41) is 13.6. The largest absolute Gasteiger partial charge is 0.379 e. The van der Waals surface area contributed by atoms with Gasteiger partial charge in [0.15, 0.2) is 0 Å². The van der Waals surface area contributed by atoms with Crippen molar-refractivity contribution in [1.82, 2.24) is 0 Å². The minimum atomic E-state index is -0.557. The average Bonchev–Trinajstić information content (AvgIpc) is 2.22. The SMILES string of the molecule is CC(N)CCNc1cc(F)c(Br)cc1[N+](=O)[O-]. The Morgan fingerprint density at radius 2 is 2.29 bits per heavy atom. The molecule has 7 heteroatoms. The van der Waals surface area contributed by atoms with Crippen LogP contribution in [0.1, 0.15) is 13.3 Å². The van der Waals surface area contributed by atoms with Crippen molar-refractivity contribution in [3.63, 3.8) is 0 Å². The van der Waals surface area contributed by atoms with Gasteiger partial charge in [0.05, 0.1) is 9.40 Å². The van der Waals surface area contributed by atoms with E-state index in [1.54, 1.807) is 0 Å². The molecule has 1 aromatic carbocycles. The van der Waals surface area contributed by atoms with E-state index < -0.39 is 10.7 Å². The van der Waals surface area contributed by atoms with E-state index in [1.807, 2.05) is 6.92 Å². The van der Waals surface area contributed by atoms with Gasteiger partial charge >= 0.3 is 0 Å². The van der Waals surface area contributed by atoms with Crippen LogP contribution in [-0.2, 0) is 0 Å². The number of benzene rings is 1. The summed E-state index contributed by atoms with van der Waals surface area (Å²) in [5.41, 5.74) is 5.55. The molecule has 1 atom stereocenters. The third kappa shape index (κ3) is 3.94. The third-order valence-electron chi connectivity index (χ3n) is 2.15. The standard InChI is InChI=1S/C10H13BrFN3O2/c1-6(13)2-3-14-9-5-8(12)7(11)4-10(9)15(16)17/h4-6,14H,2-3,13H2,1H3. The van der Waals surface area contributed by atoms with Crippen LogP contribution in [0, 0.1) is 15.9 Å². The van der Waals surface area contributed by atoms with Gasteiger partial charge in [0.1, 0.15) is 11.5 Å². The maximum absolute atomic E-state index is 13.3. The van der Waals surface area contributed by atoms with Crippen molar-refractivity contribution in [2.75, 3.05) is 11.9 Å². The summed E-state index contributed by atoms with van der Waals surface area (Å²) in [6.45, 7) is 2.29. The molecule has 1 rings (SSSR count). The van der Waals surface area contributed by atoms with Crippen LogP contribution in [0.3, 0.4) is 0 Å². The molecule has 1 unspecified atom stereocenters. The topological polar surface area (TPSA) is 81.2 Å². The number of halogens is 2. The van der Waals surface area contributed by atoms with Crippen molar-refractivity contribution in [1.29, 1.82) is 0 Å². The zero-order chi connectivity index (χ0) is 13.0. The van der Waals surface area contributed by atoms with Crippen molar-refractivity contribution < 1.29 is 9.31 Å². The lowest BCUT2D eigenvalue weighted by atomic mass is 10.2. The molecule has 17 heavy (non-hydrogen) atoms. The van der Waals surface area contributed by atoms with Gasteiger partial charge in [0.25, 0.3) is 5.69 Å². The van der Waals surface area contributed by atoms with Crippen LogP contribution in [0.5, 0.6) is 0 Å². The summed E-state index contributed by atoms with van der Waals surface area (Å²) in [6.07, 6.45) is 0.648. The van der Waals surface area contributed by atoms with Gasteiger partial charge in [-0.15, -0.1) is 0 Å². The molecule has 1 aromatic rings. The molecule has 0 aliphatic heterocycles. The fourth-order valence-corrected chi connectivity index (χ4v) is 1.59. The van der Waals surface area contributed by atoms with Crippen molar-refractivity contribution in [2.45, 2.75) is 19.4 Å². The highest BCUT2D eigenvalue weighted by molar-refractivity contribution is 9.10.